The lowest BCUT2D eigenvalue weighted by Gasteiger charge is -2.46. The van der Waals surface area contributed by atoms with Gasteiger partial charge in [-0.1, -0.05) is 6.92 Å². The van der Waals surface area contributed by atoms with Crippen molar-refractivity contribution in [3.8, 4) is 0 Å². The normalized spacial score (nSPS) is 33.2. The van der Waals surface area contributed by atoms with Gasteiger partial charge in [0, 0.05) is 36.7 Å². The molecular formula is C18H27N5O4S. The topological polar surface area (TPSA) is 128 Å². The second-order valence-electron chi connectivity index (χ2n) is 7.74. The van der Waals surface area contributed by atoms with Crippen molar-refractivity contribution >= 4 is 35.9 Å². The molecule has 2 amide bonds. The lowest BCUT2D eigenvalue weighted by molar-refractivity contribution is -0.157. The summed E-state index contributed by atoms with van der Waals surface area (Å²) < 4.78 is 0. The molecule has 154 valence electrons. The number of nitrogens with two attached hydrogens (primary N) is 1. The predicted octanol–water partition coefficient (Wildman–Crippen LogP) is -0.313. The number of β-lactam (4-membered cyclic amide) rings is 1. The summed E-state index contributed by atoms with van der Waals surface area (Å²) in [6, 6.07) is -0.771. The lowest BCUT2D eigenvalue weighted by atomic mass is 9.78. The Kier molecular flexibility index (Phi) is 5.72. The van der Waals surface area contributed by atoms with Gasteiger partial charge in [-0.05, 0) is 13.3 Å². The molecule has 6 atom stereocenters. The Labute approximate surface area is 168 Å². The van der Waals surface area contributed by atoms with Gasteiger partial charge >= 0.3 is 5.97 Å². The number of carboxylic acid groups (broad SMARTS) is 1. The molecule has 4 N–H and O–H groups in total. The summed E-state index contributed by atoms with van der Waals surface area (Å²) >= 11 is 1.48. The Morgan fingerprint density at radius 3 is 2.71 bits per heavy atom. The number of carbonyl (C=O) groups excluding carboxylic acids is 2. The number of aliphatic carboxylic acids is 1. The molecule has 0 aliphatic carbocycles. The summed E-state index contributed by atoms with van der Waals surface area (Å²) in [5, 5.41) is 13.1. The van der Waals surface area contributed by atoms with E-state index in [1.807, 2.05) is 13.8 Å². The summed E-state index contributed by atoms with van der Waals surface area (Å²) in [5.41, 5.74) is 5.45. The maximum absolute atomic E-state index is 12.7. The molecule has 3 aliphatic heterocycles. The molecule has 3 heterocycles. The van der Waals surface area contributed by atoms with E-state index in [1.165, 1.54) is 23.0 Å². The summed E-state index contributed by atoms with van der Waals surface area (Å²) in [6.07, 6.45) is 1.81. The molecule has 0 aromatic heterocycles. The van der Waals surface area contributed by atoms with Crippen LogP contribution in [0, 0.1) is 11.8 Å². The molecule has 28 heavy (non-hydrogen) atoms. The van der Waals surface area contributed by atoms with Gasteiger partial charge in [0.15, 0.2) is 0 Å². The van der Waals surface area contributed by atoms with E-state index in [4.69, 9.17) is 5.73 Å². The van der Waals surface area contributed by atoms with E-state index in [9.17, 15) is 19.5 Å². The van der Waals surface area contributed by atoms with Crippen LogP contribution in [-0.2, 0) is 14.4 Å². The molecule has 10 heteroatoms. The van der Waals surface area contributed by atoms with Gasteiger partial charge in [-0.2, -0.15) is 0 Å². The molecule has 0 saturated carbocycles. The molecule has 0 bridgehead atoms. The number of likely N-dealkylation sites (N-methyl/N-ethyl adjacent to an activating group) is 1. The second-order valence-corrected chi connectivity index (χ2v) is 9.08. The van der Waals surface area contributed by atoms with Crippen LogP contribution in [0.2, 0.25) is 0 Å². The minimum atomic E-state index is -1.09. The fourth-order valence-electron chi connectivity index (χ4n) is 4.38. The van der Waals surface area contributed by atoms with Crippen molar-refractivity contribution in [1.82, 2.24) is 15.1 Å². The maximum atomic E-state index is 12.7. The van der Waals surface area contributed by atoms with Gasteiger partial charge < -0.3 is 26.0 Å². The molecule has 1 unspecified atom stereocenters. The number of thioether (sulfide) groups is 1. The highest BCUT2D eigenvalue weighted by atomic mass is 32.2. The van der Waals surface area contributed by atoms with E-state index < -0.39 is 5.97 Å². The maximum Gasteiger partial charge on any atom is 0.353 e. The highest BCUT2D eigenvalue weighted by molar-refractivity contribution is 8.03. The summed E-state index contributed by atoms with van der Waals surface area (Å²) in [7, 11) is 3.44. The van der Waals surface area contributed by atoms with Crippen LogP contribution < -0.4 is 11.1 Å². The number of aliphatic imine (C=N–C) groups is 1. The molecule has 9 nitrogen and oxygen atoms in total. The Hall–Kier alpha value is -2.07. The van der Waals surface area contributed by atoms with Crippen LogP contribution in [0.15, 0.2) is 15.6 Å². The number of nitrogens with zero attached hydrogens (tertiary/aromatic N) is 3. The second kappa shape index (κ2) is 7.75. The quantitative estimate of drug-likeness (QED) is 0.312. The van der Waals surface area contributed by atoms with Gasteiger partial charge in [-0.25, -0.2) is 4.79 Å². The smallest absolute Gasteiger partial charge is 0.353 e. The average molecular weight is 410 g/mol. The summed E-state index contributed by atoms with van der Waals surface area (Å²) in [6.45, 7) is 4.40. The molecular weight excluding hydrogens is 382 g/mol. The van der Waals surface area contributed by atoms with Gasteiger partial charge in [0.2, 0.25) is 11.8 Å². The Balaban J connectivity index is 1.79. The van der Waals surface area contributed by atoms with E-state index >= 15 is 0 Å². The van der Waals surface area contributed by atoms with Crippen molar-refractivity contribution in [1.29, 1.82) is 0 Å². The number of carbonyl (C=O) groups is 3. The molecule has 2 fully saturated rings. The van der Waals surface area contributed by atoms with Gasteiger partial charge in [-0.15, -0.1) is 11.8 Å². The number of amides is 2. The van der Waals surface area contributed by atoms with Crippen molar-refractivity contribution in [2.75, 3.05) is 20.6 Å². The van der Waals surface area contributed by atoms with Crippen molar-refractivity contribution < 1.29 is 19.5 Å². The number of hydrogen-bond acceptors (Lipinski definition) is 6. The molecule has 0 aromatic rings. The summed E-state index contributed by atoms with van der Waals surface area (Å²) in [4.78, 5) is 44.6. The van der Waals surface area contributed by atoms with E-state index in [0.29, 0.717) is 17.9 Å². The van der Waals surface area contributed by atoms with Gasteiger partial charge in [0.05, 0.1) is 30.4 Å². The first-order valence-electron chi connectivity index (χ1n) is 9.34. The number of carboxylic acids is 1. The van der Waals surface area contributed by atoms with E-state index in [-0.39, 0.29) is 52.7 Å². The SMILES string of the molecule is CC(N=CN)[C@H]1C(=O)N2C(C(=O)O)=C(S[C@@H]3CN[C@H](C(=O)N(C)C)C3)[C@H](C)[C@H]12. The minimum absolute atomic E-state index is 0.0162. The largest absolute Gasteiger partial charge is 0.477 e. The molecule has 0 spiro atoms. The van der Waals surface area contributed by atoms with Crippen LogP contribution in [0.5, 0.6) is 0 Å². The lowest BCUT2D eigenvalue weighted by Crippen LogP contribution is -2.63. The van der Waals surface area contributed by atoms with Crippen LogP contribution in [0.4, 0.5) is 0 Å². The first kappa shape index (κ1) is 20.7. The Morgan fingerprint density at radius 1 is 1.46 bits per heavy atom. The highest BCUT2D eigenvalue weighted by Crippen LogP contribution is 2.52. The first-order valence-corrected chi connectivity index (χ1v) is 10.2. The van der Waals surface area contributed by atoms with E-state index in [0.717, 1.165) is 0 Å². The van der Waals surface area contributed by atoms with Crippen molar-refractivity contribution in [3.05, 3.63) is 10.6 Å². The zero-order chi connectivity index (χ0) is 20.7. The highest BCUT2D eigenvalue weighted by Gasteiger charge is 2.60. The zero-order valence-electron chi connectivity index (χ0n) is 16.5. The van der Waals surface area contributed by atoms with Crippen molar-refractivity contribution in [2.24, 2.45) is 22.6 Å². The van der Waals surface area contributed by atoms with Crippen LogP contribution in [0.3, 0.4) is 0 Å². The van der Waals surface area contributed by atoms with E-state index in [1.54, 1.807) is 19.0 Å². The number of rotatable bonds is 6. The third kappa shape index (κ3) is 3.28. The monoisotopic (exact) mass is 409 g/mol. The molecule has 3 aliphatic rings. The number of fused-ring (bicyclic) bond motifs is 1. The number of hydrogen-bond donors (Lipinski definition) is 3. The van der Waals surface area contributed by atoms with Gasteiger partial charge in [0.1, 0.15) is 5.70 Å². The summed E-state index contributed by atoms with van der Waals surface area (Å²) in [5.74, 6) is -1.76. The Bertz CT molecular complexity index is 752. The van der Waals surface area contributed by atoms with Crippen molar-refractivity contribution in [3.63, 3.8) is 0 Å². The molecule has 0 radical (unpaired) electrons. The predicted molar refractivity (Wildman–Crippen MR) is 107 cm³/mol. The van der Waals surface area contributed by atoms with Crippen LogP contribution in [0.25, 0.3) is 0 Å². The Morgan fingerprint density at radius 2 is 2.14 bits per heavy atom. The van der Waals surface area contributed by atoms with Gasteiger partial charge in [-0.3, -0.25) is 14.6 Å². The minimum Gasteiger partial charge on any atom is -0.477 e. The standard InChI is InChI=1S/C18H27N5O4S/c1-8-13-12(9(2)21-7-19)17(25)23(13)14(18(26)27)15(8)28-10-5-11(20-6-10)16(24)22(3)4/h7-13,20H,5-6H2,1-4H3,(H2,19,21)(H,26,27)/t8-,9?,10+,11+,12-,13-/m1/s1. The van der Waals surface area contributed by atoms with Crippen LogP contribution >= 0.6 is 11.8 Å². The molecule has 2 saturated heterocycles. The zero-order valence-corrected chi connectivity index (χ0v) is 17.3. The first-order chi connectivity index (χ1) is 13.2. The van der Waals surface area contributed by atoms with Gasteiger partial charge in [0.25, 0.3) is 0 Å². The fraction of sp³-hybridized carbons (Fsp3) is 0.667. The third-order valence-electron chi connectivity index (χ3n) is 5.76. The number of nitrogens with one attached hydrogen (secondary N) is 1. The fourth-order valence-corrected chi connectivity index (χ4v) is 5.86. The molecule has 0 aromatic carbocycles. The van der Waals surface area contributed by atoms with Crippen molar-refractivity contribution in [2.45, 2.75) is 43.6 Å². The van der Waals surface area contributed by atoms with Crippen LogP contribution in [0.1, 0.15) is 20.3 Å². The van der Waals surface area contributed by atoms with Crippen LogP contribution in [-0.4, -0.2) is 83.0 Å². The molecule has 3 rings (SSSR count). The van der Waals surface area contributed by atoms with E-state index in [2.05, 4.69) is 10.3 Å². The average Bonchev–Trinajstić information content (AvgIpc) is 3.17. The third-order valence-corrected chi connectivity index (χ3v) is 7.27.